The minimum Gasteiger partial charge on any atom is -0.454 e. The number of amides is 2. The van der Waals surface area contributed by atoms with Crippen LogP contribution in [-0.2, 0) is 9.59 Å². The maximum Gasteiger partial charge on any atom is 0.272 e. The van der Waals surface area contributed by atoms with Crippen LogP contribution in [0.1, 0.15) is 10.4 Å². The van der Waals surface area contributed by atoms with E-state index in [1.807, 2.05) is 47.4 Å². The van der Waals surface area contributed by atoms with Crippen LogP contribution in [0.25, 0.3) is 17.1 Å². The molecule has 4 atom stereocenters. The van der Waals surface area contributed by atoms with Crippen molar-refractivity contribution in [1.82, 2.24) is 15.0 Å². The van der Waals surface area contributed by atoms with Crippen molar-refractivity contribution in [3.8, 4) is 11.5 Å². The molecule has 0 bridgehead atoms. The fraction of sp³-hybridized carbons (Fsp3) is 0.179. The van der Waals surface area contributed by atoms with Crippen LogP contribution < -0.4 is 19.3 Å². The lowest BCUT2D eigenvalue weighted by Gasteiger charge is -2.36. The lowest BCUT2D eigenvalue weighted by atomic mass is 9.88. The van der Waals surface area contributed by atoms with E-state index in [9.17, 15) is 14.4 Å². The molecule has 4 aliphatic rings. The van der Waals surface area contributed by atoms with Gasteiger partial charge < -0.3 is 14.4 Å². The molecule has 8 rings (SSSR count). The summed E-state index contributed by atoms with van der Waals surface area (Å²) in [6, 6.07) is 18.4. The van der Waals surface area contributed by atoms with E-state index in [0.29, 0.717) is 28.2 Å². The van der Waals surface area contributed by atoms with Gasteiger partial charge in [0.05, 0.1) is 29.1 Å². The highest BCUT2D eigenvalue weighted by Crippen LogP contribution is 2.50. The number of anilines is 2. The third-order valence-corrected chi connectivity index (χ3v) is 7.84. The SMILES string of the molecule is O=C1[C@@H]2[C@H](C(=O)N1c1ccc3c(c1)OCO3)[C@H](C(=O)n1nnc3ccccc31)N1c3ccccc3C=C[C@@H]21. The second-order valence-electron chi connectivity index (χ2n) is 9.69. The highest BCUT2D eigenvalue weighted by atomic mass is 16.7. The fourth-order valence-corrected chi connectivity index (χ4v) is 6.23. The molecule has 0 N–H and O–H groups in total. The van der Waals surface area contributed by atoms with Crippen LogP contribution in [0.2, 0.25) is 0 Å². The van der Waals surface area contributed by atoms with Crippen molar-refractivity contribution in [1.29, 1.82) is 0 Å². The number of carbonyl (C=O) groups excluding carboxylic acids is 3. The van der Waals surface area contributed by atoms with Crippen LogP contribution >= 0.6 is 0 Å². The first-order valence-corrected chi connectivity index (χ1v) is 12.3. The van der Waals surface area contributed by atoms with Gasteiger partial charge in [-0.05, 0) is 35.9 Å². The minimum absolute atomic E-state index is 0.0790. The van der Waals surface area contributed by atoms with E-state index in [2.05, 4.69) is 10.3 Å². The summed E-state index contributed by atoms with van der Waals surface area (Å²) in [6.45, 7) is 0.0790. The van der Waals surface area contributed by atoms with Gasteiger partial charge in [0.2, 0.25) is 18.6 Å². The van der Waals surface area contributed by atoms with Gasteiger partial charge in [0.1, 0.15) is 11.6 Å². The van der Waals surface area contributed by atoms with Crippen molar-refractivity contribution in [3.63, 3.8) is 0 Å². The first kappa shape index (κ1) is 21.1. The van der Waals surface area contributed by atoms with Crippen LogP contribution in [-0.4, -0.2) is 51.6 Å². The molecule has 4 aliphatic heterocycles. The molecule has 0 unspecified atom stereocenters. The Hall–Kier alpha value is -4.99. The van der Waals surface area contributed by atoms with Crippen molar-refractivity contribution < 1.29 is 23.9 Å². The molecule has 0 radical (unpaired) electrons. The maximum absolute atomic E-state index is 14.3. The van der Waals surface area contributed by atoms with Gasteiger partial charge in [-0.15, -0.1) is 5.10 Å². The van der Waals surface area contributed by atoms with E-state index in [4.69, 9.17) is 9.47 Å². The van der Waals surface area contributed by atoms with E-state index in [-0.39, 0.29) is 12.7 Å². The molecule has 0 spiro atoms. The first-order valence-electron chi connectivity index (χ1n) is 12.3. The van der Waals surface area contributed by atoms with Crippen LogP contribution in [0.4, 0.5) is 11.4 Å². The summed E-state index contributed by atoms with van der Waals surface area (Å²) in [4.78, 5) is 45.4. The van der Waals surface area contributed by atoms with Crippen molar-refractivity contribution >= 4 is 46.2 Å². The Kier molecular flexibility index (Phi) is 4.18. The van der Waals surface area contributed by atoms with E-state index < -0.39 is 35.7 Å². The number of ether oxygens (including phenoxy) is 2. The molecule has 2 amide bonds. The van der Waals surface area contributed by atoms with E-state index in [1.165, 1.54) is 9.58 Å². The highest BCUT2D eigenvalue weighted by molar-refractivity contribution is 6.25. The summed E-state index contributed by atoms with van der Waals surface area (Å²) in [5.74, 6) is -1.83. The smallest absolute Gasteiger partial charge is 0.272 e. The first-order chi connectivity index (χ1) is 18.6. The second kappa shape index (κ2) is 7.51. The predicted molar refractivity (Wildman–Crippen MR) is 136 cm³/mol. The lowest BCUT2D eigenvalue weighted by Crippen LogP contribution is -2.50. The van der Waals surface area contributed by atoms with E-state index in [0.717, 1.165) is 11.3 Å². The number of benzene rings is 3. The molecule has 38 heavy (non-hydrogen) atoms. The number of para-hydroxylation sites is 2. The second-order valence-corrected chi connectivity index (χ2v) is 9.69. The van der Waals surface area contributed by atoms with Crippen LogP contribution in [0.15, 0.2) is 72.8 Å². The van der Waals surface area contributed by atoms with E-state index >= 15 is 0 Å². The third-order valence-electron chi connectivity index (χ3n) is 7.84. The normalized spacial score (nSPS) is 24.6. The standard InChI is InChI=1S/C28H19N5O5/c34-26-23-20-11-9-15-5-1-3-7-18(15)32(20)25(28(36)33-19-8-4-2-6-17(19)29-30-33)24(23)27(35)31(26)16-10-12-21-22(13-16)38-14-37-21/h1-13,20,23-25H,14H2/t20-,23-,24-,25+/m0/s1. The molecular formula is C28H19N5O5. The Balaban J connectivity index is 1.28. The molecule has 4 aromatic rings. The number of aromatic nitrogens is 3. The average molecular weight is 505 g/mol. The zero-order chi connectivity index (χ0) is 25.5. The Bertz CT molecular complexity index is 1730. The summed E-state index contributed by atoms with van der Waals surface area (Å²) in [7, 11) is 0. The largest absolute Gasteiger partial charge is 0.454 e. The molecule has 3 aromatic carbocycles. The molecule has 10 heteroatoms. The molecule has 5 heterocycles. The summed E-state index contributed by atoms with van der Waals surface area (Å²) in [6.07, 6.45) is 3.87. The number of imide groups is 1. The van der Waals surface area contributed by atoms with Gasteiger partial charge in [-0.1, -0.05) is 47.7 Å². The van der Waals surface area contributed by atoms with Gasteiger partial charge in [0.15, 0.2) is 11.5 Å². The number of nitrogens with zero attached hydrogens (tertiary/aromatic N) is 5. The van der Waals surface area contributed by atoms with Crippen molar-refractivity contribution in [2.45, 2.75) is 12.1 Å². The molecule has 1 aromatic heterocycles. The zero-order valence-corrected chi connectivity index (χ0v) is 19.8. The third kappa shape index (κ3) is 2.68. The Morgan fingerprint density at radius 3 is 2.61 bits per heavy atom. The Labute approximate surface area is 215 Å². The number of carbonyl (C=O) groups is 3. The number of hydrogen-bond acceptors (Lipinski definition) is 8. The average Bonchev–Trinajstić information content (AvgIpc) is 3.71. The van der Waals surface area contributed by atoms with Gasteiger partial charge in [0.25, 0.3) is 5.91 Å². The molecule has 0 aliphatic carbocycles. The summed E-state index contributed by atoms with van der Waals surface area (Å²) in [5, 5.41) is 8.29. The monoisotopic (exact) mass is 505 g/mol. The van der Waals surface area contributed by atoms with Gasteiger partial charge in [-0.25, -0.2) is 4.90 Å². The Morgan fingerprint density at radius 1 is 0.895 bits per heavy atom. The van der Waals surface area contributed by atoms with Crippen molar-refractivity contribution in [2.24, 2.45) is 11.8 Å². The molecule has 2 fully saturated rings. The lowest BCUT2D eigenvalue weighted by molar-refractivity contribution is -0.122. The van der Waals surface area contributed by atoms with Crippen molar-refractivity contribution in [2.75, 3.05) is 16.6 Å². The molecule has 186 valence electrons. The Morgan fingerprint density at radius 2 is 1.68 bits per heavy atom. The summed E-state index contributed by atoms with van der Waals surface area (Å²) >= 11 is 0. The van der Waals surface area contributed by atoms with Gasteiger partial charge >= 0.3 is 0 Å². The van der Waals surface area contributed by atoms with Crippen LogP contribution in [0.3, 0.4) is 0 Å². The number of fused-ring (bicyclic) bond motifs is 7. The molecule has 2 saturated heterocycles. The quantitative estimate of drug-likeness (QED) is 0.383. The summed E-state index contributed by atoms with van der Waals surface area (Å²) < 4.78 is 12.1. The molecular weight excluding hydrogens is 486 g/mol. The summed E-state index contributed by atoms with van der Waals surface area (Å²) in [5.41, 5.74) is 3.22. The minimum atomic E-state index is -0.961. The highest BCUT2D eigenvalue weighted by Gasteiger charge is 2.64. The van der Waals surface area contributed by atoms with Crippen molar-refractivity contribution in [3.05, 3.63) is 78.4 Å². The fourth-order valence-electron chi connectivity index (χ4n) is 6.23. The van der Waals surface area contributed by atoms with Crippen LogP contribution in [0, 0.1) is 11.8 Å². The van der Waals surface area contributed by atoms with Crippen LogP contribution in [0.5, 0.6) is 11.5 Å². The van der Waals surface area contributed by atoms with Gasteiger partial charge in [-0.3, -0.25) is 14.4 Å². The van der Waals surface area contributed by atoms with Gasteiger partial charge in [-0.2, -0.15) is 4.68 Å². The topological polar surface area (TPSA) is 107 Å². The molecule has 10 nitrogen and oxygen atoms in total. The number of hydrogen-bond donors (Lipinski definition) is 0. The zero-order valence-electron chi connectivity index (χ0n) is 19.8. The predicted octanol–water partition coefficient (Wildman–Crippen LogP) is 2.89. The van der Waals surface area contributed by atoms with E-state index in [1.54, 1.807) is 36.4 Å². The maximum atomic E-state index is 14.3. The molecule has 0 saturated carbocycles. The van der Waals surface area contributed by atoms with Gasteiger partial charge in [0, 0.05) is 11.8 Å². The number of rotatable bonds is 2.